The number of unbranched alkanes of at least 4 members (excludes halogenated alkanes) is 2. The lowest BCUT2D eigenvalue weighted by Gasteiger charge is -2.14. The quantitative estimate of drug-likeness (QED) is 0.391. The van der Waals surface area contributed by atoms with E-state index >= 15 is 0 Å². The molecule has 1 fully saturated rings. The smallest absolute Gasteiger partial charge is 0.266 e. The summed E-state index contributed by atoms with van der Waals surface area (Å²) < 4.78 is 1.54. The number of carbonyl (C=O) groups is 2. The Morgan fingerprint density at radius 1 is 1.26 bits per heavy atom. The number of halogens is 1. The van der Waals surface area contributed by atoms with Crippen LogP contribution >= 0.6 is 39.9 Å². The van der Waals surface area contributed by atoms with Crippen molar-refractivity contribution in [2.45, 2.75) is 25.7 Å². The summed E-state index contributed by atoms with van der Waals surface area (Å²) in [6.45, 7) is 0.523. The highest BCUT2D eigenvalue weighted by atomic mass is 79.9. The van der Waals surface area contributed by atoms with Crippen LogP contribution < -0.4 is 5.11 Å². The summed E-state index contributed by atoms with van der Waals surface area (Å²) in [5.74, 6) is -1.11. The molecule has 122 valence electrons. The highest BCUT2D eigenvalue weighted by Crippen LogP contribution is 2.32. The van der Waals surface area contributed by atoms with Crippen LogP contribution in [0.25, 0.3) is 6.08 Å². The predicted octanol–water partition coefficient (Wildman–Crippen LogP) is 2.96. The number of carboxylic acid groups (broad SMARTS) is 1. The lowest BCUT2D eigenvalue weighted by molar-refractivity contribution is -0.305. The molecule has 0 N–H and O–H groups in total. The fraction of sp³-hybridized carbons (Fsp3) is 0.312. The number of thiocarbonyl (C=S) groups is 1. The van der Waals surface area contributed by atoms with Crippen LogP contribution in [0.15, 0.2) is 33.6 Å². The Balaban J connectivity index is 1.91. The largest absolute Gasteiger partial charge is 0.550 e. The van der Waals surface area contributed by atoms with Gasteiger partial charge in [-0.2, -0.15) is 0 Å². The fourth-order valence-electron chi connectivity index (χ4n) is 2.12. The van der Waals surface area contributed by atoms with Gasteiger partial charge in [0.25, 0.3) is 5.91 Å². The normalized spacial score (nSPS) is 16.4. The van der Waals surface area contributed by atoms with Crippen LogP contribution in [0.2, 0.25) is 0 Å². The maximum atomic E-state index is 12.4. The van der Waals surface area contributed by atoms with Crippen molar-refractivity contribution in [3.05, 3.63) is 39.2 Å². The first-order valence-electron chi connectivity index (χ1n) is 7.18. The van der Waals surface area contributed by atoms with Gasteiger partial charge in [-0.25, -0.2) is 0 Å². The first kappa shape index (κ1) is 18.2. The average molecular weight is 413 g/mol. The monoisotopic (exact) mass is 412 g/mol. The standard InChI is InChI=1S/C16H16BrNO3S2/c17-12-7-5-11(6-8-12)10-13-15(21)18(16(22)23-13)9-3-1-2-4-14(19)20/h5-8,10H,1-4,9H2,(H,19,20)/p-1/b13-10-. The zero-order valence-corrected chi connectivity index (χ0v) is 15.5. The summed E-state index contributed by atoms with van der Waals surface area (Å²) >= 11 is 9.95. The molecule has 0 unspecified atom stereocenters. The van der Waals surface area contributed by atoms with Crippen LogP contribution in [0, 0.1) is 0 Å². The van der Waals surface area contributed by atoms with Crippen LogP contribution in [0.1, 0.15) is 31.2 Å². The number of hydrogen-bond acceptors (Lipinski definition) is 5. The first-order valence-corrected chi connectivity index (χ1v) is 9.20. The molecule has 23 heavy (non-hydrogen) atoms. The second-order valence-electron chi connectivity index (χ2n) is 5.07. The number of nitrogens with zero attached hydrogens (tertiary/aromatic N) is 1. The van der Waals surface area contributed by atoms with E-state index in [2.05, 4.69) is 15.9 Å². The number of aliphatic carboxylic acids is 1. The van der Waals surface area contributed by atoms with Gasteiger partial charge in [-0.15, -0.1) is 0 Å². The molecule has 1 aromatic rings. The van der Waals surface area contributed by atoms with E-state index in [4.69, 9.17) is 12.2 Å². The van der Waals surface area contributed by atoms with Gasteiger partial charge in [-0.1, -0.05) is 58.5 Å². The Bertz CT molecular complexity index is 643. The number of hydrogen-bond donors (Lipinski definition) is 0. The molecule has 0 aromatic heterocycles. The SMILES string of the molecule is O=C([O-])CCCCCN1C(=O)/C(=C/c2ccc(Br)cc2)SC1=S. The number of amides is 1. The molecular formula is C16H15BrNO3S2-. The molecule has 1 saturated heterocycles. The second kappa shape index (κ2) is 8.61. The topological polar surface area (TPSA) is 60.4 Å². The van der Waals surface area contributed by atoms with Crippen molar-refractivity contribution in [3.63, 3.8) is 0 Å². The van der Waals surface area contributed by atoms with Gasteiger partial charge < -0.3 is 9.90 Å². The van der Waals surface area contributed by atoms with Gasteiger partial charge in [0.2, 0.25) is 0 Å². The van der Waals surface area contributed by atoms with Crippen LogP contribution in [-0.4, -0.2) is 27.6 Å². The number of carbonyl (C=O) groups excluding carboxylic acids is 2. The maximum Gasteiger partial charge on any atom is 0.266 e. The van der Waals surface area contributed by atoms with Crippen molar-refractivity contribution >= 4 is 62.2 Å². The minimum atomic E-state index is -1.03. The fourth-order valence-corrected chi connectivity index (χ4v) is 3.69. The predicted molar refractivity (Wildman–Crippen MR) is 97.5 cm³/mol. The molecule has 0 atom stereocenters. The minimum Gasteiger partial charge on any atom is -0.550 e. The van der Waals surface area contributed by atoms with Gasteiger partial charge in [0.15, 0.2) is 0 Å². The molecule has 1 heterocycles. The highest BCUT2D eigenvalue weighted by molar-refractivity contribution is 9.10. The van der Waals surface area contributed by atoms with Gasteiger partial charge in [0.1, 0.15) is 4.32 Å². The van der Waals surface area contributed by atoms with Crippen LogP contribution in [0.5, 0.6) is 0 Å². The molecule has 7 heteroatoms. The van der Waals surface area contributed by atoms with E-state index < -0.39 is 5.97 Å². The van der Waals surface area contributed by atoms with E-state index in [1.807, 2.05) is 30.3 Å². The third kappa shape index (κ3) is 5.44. The van der Waals surface area contributed by atoms with E-state index in [1.54, 1.807) is 4.90 Å². The lowest BCUT2D eigenvalue weighted by Crippen LogP contribution is -2.29. The maximum absolute atomic E-state index is 12.4. The first-order chi connectivity index (χ1) is 11.0. The molecular weight excluding hydrogens is 398 g/mol. The molecule has 0 spiro atoms. The van der Waals surface area contributed by atoms with Crippen molar-refractivity contribution < 1.29 is 14.7 Å². The summed E-state index contributed by atoms with van der Waals surface area (Å²) in [7, 11) is 0. The van der Waals surface area contributed by atoms with Crippen LogP contribution in [0.4, 0.5) is 0 Å². The lowest BCUT2D eigenvalue weighted by atomic mass is 10.2. The molecule has 0 aliphatic carbocycles. The number of benzene rings is 1. The van der Waals surface area contributed by atoms with Crippen molar-refractivity contribution in [1.29, 1.82) is 0 Å². The second-order valence-corrected chi connectivity index (χ2v) is 7.66. The highest BCUT2D eigenvalue weighted by Gasteiger charge is 2.31. The van der Waals surface area contributed by atoms with Gasteiger partial charge in [-0.3, -0.25) is 9.69 Å². The van der Waals surface area contributed by atoms with Gasteiger partial charge in [0.05, 0.1) is 4.91 Å². The van der Waals surface area contributed by atoms with Gasteiger partial charge in [-0.05, 0) is 43.0 Å². The third-order valence-corrected chi connectivity index (χ3v) is 5.21. The zero-order chi connectivity index (χ0) is 16.8. The molecule has 1 aromatic carbocycles. The average Bonchev–Trinajstić information content (AvgIpc) is 2.76. The van der Waals surface area contributed by atoms with Crippen molar-refractivity contribution in [1.82, 2.24) is 4.90 Å². The molecule has 0 radical (unpaired) electrons. The van der Waals surface area contributed by atoms with Gasteiger partial charge in [0, 0.05) is 17.0 Å². The number of thioether (sulfide) groups is 1. The summed E-state index contributed by atoms with van der Waals surface area (Å²) in [5, 5.41) is 10.4. The Hall–Kier alpha value is -1.18. The summed E-state index contributed by atoms with van der Waals surface area (Å²) in [4.78, 5) is 24.9. The Kier molecular flexibility index (Phi) is 6.80. The molecule has 1 amide bonds. The van der Waals surface area contributed by atoms with E-state index in [0.29, 0.717) is 22.2 Å². The Labute approximate surface area is 153 Å². The van der Waals surface area contributed by atoms with Crippen LogP contribution in [-0.2, 0) is 9.59 Å². The van der Waals surface area contributed by atoms with E-state index in [1.165, 1.54) is 11.8 Å². The van der Waals surface area contributed by atoms with Gasteiger partial charge >= 0.3 is 0 Å². The van der Waals surface area contributed by atoms with E-state index in [0.717, 1.165) is 22.9 Å². The minimum absolute atomic E-state index is 0.0574. The summed E-state index contributed by atoms with van der Waals surface area (Å²) in [6, 6.07) is 7.70. The van der Waals surface area contributed by atoms with Crippen molar-refractivity contribution in [2.24, 2.45) is 0 Å². The molecule has 1 aliphatic rings. The summed E-state index contributed by atoms with van der Waals surface area (Å²) in [6.07, 6.45) is 3.91. The Morgan fingerprint density at radius 3 is 2.61 bits per heavy atom. The van der Waals surface area contributed by atoms with Crippen molar-refractivity contribution in [3.8, 4) is 0 Å². The van der Waals surface area contributed by atoms with E-state index in [-0.39, 0.29) is 12.3 Å². The number of carboxylic acids is 1. The molecule has 4 nitrogen and oxygen atoms in total. The van der Waals surface area contributed by atoms with Crippen LogP contribution in [0.3, 0.4) is 0 Å². The molecule has 0 saturated carbocycles. The van der Waals surface area contributed by atoms with Crippen molar-refractivity contribution in [2.75, 3.05) is 6.54 Å². The summed E-state index contributed by atoms with van der Waals surface area (Å²) in [5.41, 5.74) is 0.947. The molecule has 1 aliphatic heterocycles. The number of rotatable bonds is 7. The van der Waals surface area contributed by atoms with E-state index in [9.17, 15) is 14.7 Å². The zero-order valence-electron chi connectivity index (χ0n) is 12.3. The third-order valence-electron chi connectivity index (χ3n) is 3.30. The molecule has 0 bridgehead atoms. The molecule has 2 rings (SSSR count). The Morgan fingerprint density at radius 2 is 1.96 bits per heavy atom.